The van der Waals surface area contributed by atoms with Crippen molar-refractivity contribution >= 4 is 39.4 Å². The van der Waals surface area contributed by atoms with Gasteiger partial charge in [0.25, 0.3) is 0 Å². The van der Waals surface area contributed by atoms with E-state index in [2.05, 4.69) is 53.2 Å². The maximum absolute atomic E-state index is 9.03. The lowest BCUT2D eigenvalue weighted by Crippen LogP contribution is -2.46. The number of fused-ring (bicyclic) bond motifs is 3. The van der Waals surface area contributed by atoms with E-state index in [9.17, 15) is 0 Å². The number of nitriles is 2. The summed E-state index contributed by atoms with van der Waals surface area (Å²) in [6.07, 6.45) is 8.05. The minimum Gasteiger partial charge on any atom is -0.486 e. The molecule has 0 saturated carbocycles. The first-order chi connectivity index (χ1) is 23.1. The van der Waals surface area contributed by atoms with Gasteiger partial charge >= 0.3 is 0 Å². The molecule has 2 aliphatic heterocycles. The van der Waals surface area contributed by atoms with Crippen molar-refractivity contribution in [2.45, 2.75) is 38.8 Å². The molecule has 0 bridgehead atoms. The molecule has 0 spiro atoms. The molecule has 0 amide bonds. The molecule has 1 fully saturated rings. The number of anilines is 1. The van der Waals surface area contributed by atoms with E-state index in [0.717, 1.165) is 98.6 Å². The van der Waals surface area contributed by atoms with Crippen molar-refractivity contribution in [2.24, 2.45) is 0 Å². The molecule has 0 N–H and O–H groups in total. The van der Waals surface area contributed by atoms with Crippen molar-refractivity contribution in [2.75, 3.05) is 56.7 Å². The first-order valence-electron chi connectivity index (χ1n) is 16.3. The van der Waals surface area contributed by atoms with E-state index in [4.69, 9.17) is 31.6 Å². The zero-order valence-electron chi connectivity index (χ0n) is 26.5. The summed E-state index contributed by atoms with van der Waals surface area (Å²) in [5.41, 5.74) is 6.49. The van der Waals surface area contributed by atoms with Crippen LogP contribution >= 0.6 is 11.6 Å². The Morgan fingerprint density at radius 1 is 0.660 bits per heavy atom. The van der Waals surface area contributed by atoms with Gasteiger partial charge in [0.1, 0.15) is 13.2 Å². The van der Waals surface area contributed by atoms with Gasteiger partial charge < -0.3 is 23.5 Å². The Hall–Kier alpha value is -4.77. The summed E-state index contributed by atoms with van der Waals surface area (Å²) in [7, 11) is 0. The molecular weight excluding hydrogens is 612 g/mol. The van der Waals surface area contributed by atoms with Crippen LogP contribution in [-0.2, 0) is 13.1 Å². The smallest absolute Gasteiger partial charge is 0.163 e. The minimum absolute atomic E-state index is 0.625. The largest absolute Gasteiger partial charge is 0.486 e. The molecule has 4 heterocycles. The van der Waals surface area contributed by atoms with Crippen molar-refractivity contribution < 1.29 is 9.47 Å². The Bertz CT molecular complexity index is 1880. The van der Waals surface area contributed by atoms with Gasteiger partial charge in [-0.15, -0.1) is 11.6 Å². The highest BCUT2D eigenvalue weighted by molar-refractivity contribution is 6.17. The van der Waals surface area contributed by atoms with E-state index in [1.54, 1.807) is 0 Å². The third kappa shape index (κ3) is 7.97. The zero-order valence-corrected chi connectivity index (χ0v) is 27.3. The number of piperazine rings is 1. The van der Waals surface area contributed by atoms with Crippen LogP contribution in [0.25, 0.3) is 22.1 Å². The molecular formula is C36H39ClN8O2. The van der Waals surface area contributed by atoms with Crippen molar-refractivity contribution in [3.63, 3.8) is 0 Å². The molecule has 1 saturated heterocycles. The van der Waals surface area contributed by atoms with Crippen LogP contribution in [0.3, 0.4) is 0 Å². The quantitative estimate of drug-likeness (QED) is 0.130. The van der Waals surface area contributed by atoms with Crippen LogP contribution in [0.2, 0.25) is 0 Å². The van der Waals surface area contributed by atoms with Crippen LogP contribution < -0.4 is 14.4 Å². The van der Waals surface area contributed by atoms with Crippen LogP contribution in [0.1, 0.15) is 36.8 Å². The summed E-state index contributed by atoms with van der Waals surface area (Å²) in [5, 5.41) is 17.8. The Balaban J connectivity index is 0.000000203. The van der Waals surface area contributed by atoms with E-state index in [-0.39, 0.29) is 0 Å². The third-order valence-corrected chi connectivity index (χ3v) is 8.94. The average Bonchev–Trinajstić information content (AvgIpc) is 3.73. The fraction of sp³-hybridized carbons (Fsp3) is 0.389. The van der Waals surface area contributed by atoms with Gasteiger partial charge in [-0.2, -0.15) is 10.5 Å². The van der Waals surface area contributed by atoms with Gasteiger partial charge in [0.15, 0.2) is 11.5 Å². The first-order valence-corrected chi connectivity index (χ1v) is 16.8. The number of halogens is 1. The zero-order chi connectivity index (χ0) is 32.4. The number of rotatable bonds is 10. The number of ether oxygens (including phenoxy) is 2. The van der Waals surface area contributed by atoms with Gasteiger partial charge in [-0.25, -0.2) is 9.97 Å². The number of aryl methyl sites for hydroxylation is 2. The lowest BCUT2D eigenvalue weighted by Gasteiger charge is -2.36. The number of alkyl halides is 1. The number of nitrogens with zero attached hydrogens (tertiary/aromatic N) is 8. The van der Waals surface area contributed by atoms with Gasteiger partial charge in [0.2, 0.25) is 0 Å². The molecule has 0 unspecified atom stereocenters. The van der Waals surface area contributed by atoms with Gasteiger partial charge in [0, 0.05) is 56.9 Å². The van der Waals surface area contributed by atoms with Gasteiger partial charge in [-0.3, -0.25) is 4.90 Å². The van der Waals surface area contributed by atoms with E-state index < -0.39 is 0 Å². The van der Waals surface area contributed by atoms with Crippen LogP contribution in [0.5, 0.6) is 11.5 Å². The second kappa shape index (κ2) is 15.7. The molecule has 47 heavy (non-hydrogen) atoms. The predicted octanol–water partition coefficient (Wildman–Crippen LogP) is 6.21. The minimum atomic E-state index is 0.625. The topological polar surface area (TPSA) is 108 Å². The monoisotopic (exact) mass is 650 g/mol. The summed E-state index contributed by atoms with van der Waals surface area (Å²) >= 11 is 5.64. The lowest BCUT2D eigenvalue weighted by molar-refractivity contribution is 0.171. The SMILES string of the molecule is N#Cc1ccc2c(c1)ncn2CCCCCl.N#Cc1ccc2c(c1)ncn2CCCCN1CCN(c2ccc3c(c2)OCCO3)CC1. The summed E-state index contributed by atoms with van der Waals surface area (Å²) in [6.45, 7) is 8.50. The molecule has 2 aliphatic rings. The van der Waals surface area contributed by atoms with Crippen LogP contribution in [0.4, 0.5) is 5.69 Å². The highest BCUT2D eigenvalue weighted by atomic mass is 35.5. The fourth-order valence-electron chi connectivity index (χ4n) is 6.08. The molecule has 242 valence electrons. The average molecular weight is 651 g/mol. The van der Waals surface area contributed by atoms with Crippen LogP contribution in [0, 0.1) is 22.7 Å². The molecule has 10 nitrogen and oxygen atoms in total. The number of benzene rings is 3. The molecule has 3 aromatic carbocycles. The maximum Gasteiger partial charge on any atom is 0.163 e. The molecule has 0 radical (unpaired) electrons. The molecule has 5 aromatic rings. The predicted molar refractivity (Wildman–Crippen MR) is 184 cm³/mol. The Kier molecular flexibility index (Phi) is 10.7. The number of aromatic nitrogens is 4. The third-order valence-electron chi connectivity index (χ3n) is 8.67. The Morgan fingerprint density at radius 2 is 1.23 bits per heavy atom. The first kappa shape index (κ1) is 32.2. The van der Waals surface area contributed by atoms with E-state index in [0.29, 0.717) is 30.2 Å². The van der Waals surface area contributed by atoms with Gasteiger partial charge in [0.05, 0.1) is 58.0 Å². The van der Waals surface area contributed by atoms with Crippen molar-refractivity contribution in [3.05, 3.63) is 78.4 Å². The van der Waals surface area contributed by atoms with Crippen molar-refractivity contribution in [1.82, 2.24) is 24.0 Å². The normalized spacial score (nSPS) is 14.4. The molecule has 0 atom stereocenters. The second-order valence-corrected chi connectivity index (χ2v) is 12.1. The highest BCUT2D eigenvalue weighted by Crippen LogP contribution is 2.34. The van der Waals surface area contributed by atoms with Crippen LogP contribution in [-0.4, -0.2) is 75.8 Å². The summed E-state index contributed by atoms with van der Waals surface area (Å²) in [5.74, 6) is 2.41. The number of hydrogen-bond donors (Lipinski definition) is 0. The summed E-state index contributed by atoms with van der Waals surface area (Å²) < 4.78 is 15.6. The van der Waals surface area contributed by atoms with E-state index in [1.165, 1.54) is 12.1 Å². The lowest BCUT2D eigenvalue weighted by atomic mass is 10.2. The van der Waals surface area contributed by atoms with Crippen molar-refractivity contribution in [3.8, 4) is 23.6 Å². The number of unbranched alkanes of at least 4 members (excludes halogenated alkanes) is 2. The van der Waals surface area contributed by atoms with E-state index in [1.807, 2.05) is 55.1 Å². The highest BCUT2D eigenvalue weighted by Gasteiger charge is 2.19. The number of imidazole rings is 2. The summed E-state index contributed by atoms with van der Waals surface area (Å²) in [6, 6.07) is 21.9. The fourth-order valence-corrected chi connectivity index (χ4v) is 6.26. The molecule has 2 aromatic heterocycles. The standard InChI is InChI=1S/C24H27N5O2.C12H12ClN3/c25-17-19-3-5-22-21(15-19)26-18-29(22)8-2-1-7-27-9-11-28(12-10-27)20-4-6-23-24(16-20)31-14-13-30-23;13-5-1-2-6-16-9-15-11-7-10(8-14)3-4-12(11)16/h3-6,15-16,18H,1-2,7-14H2;3-4,7,9H,1-2,5-6H2. The molecule has 11 heteroatoms. The van der Waals surface area contributed by atoms with E-state index >= 15 is 0 Å². The Labute approximate surface area is 280 Å². The van der Waals surface area contributed by atoms with Gasteiger partial charge in [-0.1, -0.05) is 0 Å². The maximum atomic E-state index is 9.03. The summed E-state index contributed by atoms with van der Waals surface area (Å²) in [4.78, 5) is 13.7. The Morgan fingerprint density at radius 3 is 1.83 bits per heavy atom. The second-order valence-electron chi connectivity index (χ2n) is 11.8. The molecule has 7 rings (SSSR count). The number of hydrogen-bond acceptors (Lipinski definition) is 8. The van der Waals surface area contributed by atoms with Crippen molar-refractivity contribution in [1.29, 1.82) is 10.5 Å². The van der Waals surface area contributed by atoms with Crippen LogP contribution in [0.15, 0.2) is 67.3 Å². The van der Waals surface area contributed by atoms with Gasteiger partial charge in [-0.05, 0) is 80.8 Å². The molecule has 0 aliphatic carbocycles.